The summed E-state index contributed by atoms with van der Waals surface area (Å²) in [5, 5.41) is 12.2. The van der Waals surface area contributed by atoms with Crippen LogP contribution >= 0.6 is 0 Å². The van der Waals surface area contributed by atoms with Crippen LogP contribution in [0.25, 0.3) is 10.8 Å². The van der Waals surface area contributed by atoms with Crippen LogP contribution in [0.3, 0.4) is 0 Å². The highest BCUT2D eigenvalue weighted by Gasteiger charge is 2.55. The van der Waals surface area contributed by atoms with Gasteiger partial charge in [-0.1, -0.05) is 42.5 Å². The molecule has 5 rings (SSSR count). The highest BCUT2D eigenvalue weighted by molar-refractivity contribution is 7.92. The van der Waals surface area contributed by atoms with Crippen LogP contribution in [0.4, 0.5) is 5.69 Å². The number of piperidine rings is 1. The summed E-state index contributed by atoms with van der Waals surface area (Å²) < 4.78 is 32.4. The van der Waals surface area contributed by atoms with Gasteiger partial charge < -0.3 is 9.84 Å². The van der Waals surface area contributed by atoms with Crippen molar-refractivity contribution >= 4 is 26.5 Å². The average Bonchev–Trinajstić information content (AvgIpc) is 2.98. The molecule has 2 unspecified atom stereocenters. The number of aromatic hydroxyl groups is 1. The number of sulfonamides is 1. The first-order chi connectivity index (χ1) is 15.8. The van der Waals surface area contributed by atoms with Crippen molar-refractivity contribution in [3.05, 3.63) is 71.8 Å². The number of anilines is 1. The van der Waals surface area contributed by atoms with E-state index >= 15 is 0 Å². The summed E-state index contributed by atoms with van der Waals surface area (Å²) in [4.78, 5) is 2.50. The maximum atomic E-state index is 11.7. The van der Waals surface area contributed by atoms with Gasteiger partial charge in [0.1, 0.15) is 11.4 Å². The first-order valence-electron chi connectivity index (χ1n) is 11.4. The molecule has 0 aromatic heterocycles. The van der Waals surface area contributed by atoms with E-state index in [9.17, 15) is 13.5 Å². The first-order valence-corrected chi connectivity index (χ1v) is 13.2. The number of phenolic OH excluding ortho intramolecular Hbond substituents is 1. The standard InChI is InChI=1S/C26H30N2O4S/c1-32-26(19-6-5-7-22(14-19)27-33(2,30)31)20-11-12-21(26)17-28(16-20)15-18-10-13-25(29)24-9-4-3-8-23(18)24/h3-10,13-14,20-21,27,29H,11-12,15-17H2,1-2H3. The monoisotopic (exact) mass is 466 g/mol. The van der Waals surface area contributed by atoms with Crippen LogP contribution in [0.15, 0.2) is 60.7 Å². The fraction of sp³-hybridized carbons (Fsp3) is 0.385. The zero-order valence-electron chi connectivity index (χ0n) is 19.0. The summed E-state index contributed by atoms with van der Waals surface area (Å²) >= 11 is 0. The highest BCUT2D eigenvalue weighted by atomic mass is 32.2. The molecule has 1 aliphatic heterocycles. The third kappa shape index (κ3) is 3.98. The molecule has 6 nitrogen and oxygen atoms in total. The molecule has 0 amide bonds. The molecule has 3 aromatic rings. The second kappa shape index (κ2) is 8.31. The minimum Gasteiger partial charge on any atom is -0.507 e. The number of benzene rings is 3. The van der Waals surface area contributed by atoms with E-state index in [0.717, 1.165) is 48.8 Å². The summed E-state index contributed by atoms with van der Waals surface area (Å²) in [6, 6.07) is 19.5. The smallest absolute Gasteiger partial charge is 0.229 e. The van der Waals surface area contributed by atoms with Crippen LogP contribution in [-0.2, 0) is 26.9 Å². The van der Waals surface area contributed by atoms with Gasteiger partial charge in [-0.3, -0.25) is 9.62 Å². The maximum Gasteiger partial charge on any atom is 0.229 e. The number of ether oxygens (including phenoxy) is 1. The maximum absolute atomic E-state index is 11.7. The number of fused-ring (bicyclic) bond motifs is 3. The molecule has 3 aromatic carbocycles. The SMILES string of the molecule is COC1(c2cccc(NS(C)(=O)=O)c2)C2CCC1CN(Cc1ccc(O)c3ccccc13)C2. The van der Waals surface area contributed by atoms with Crippen molar-refractivity contribution in [1.29, 1.82) is 0 Å². The van der Waals surface area contributed by atoms with Gasteiger partial charge in [0.05, 0.1) is 6.26 Å². The topological polar surface area (TPSA) is 78.9 Å². The van der Waals surface area contributed by atoms with E-state index in [-0.39, 0.29) is 0 Å². The Morgan fingerprint density at radius 1 is 1.03 bits per heavy atom. The van der Waals surface area contributed by atoms with E-state index in [2.05, 4.69) is 21.8 Å². The summed E-state index contributed by atoms with van der Waals surface area (Å²) in [5.41, 5.74) is 2.42. The molecule has 2 aliphatic rings. The van der Waals surface area contributed by atoms with E-state index in [1.807, 2.05) is 36.4 Å². The molecule has 2 bridgehead atoms. The van der Waals surface area contributed by atoms with Crippen molar-refractivity contribution in [3.63, 3.8) is 0 Å². The van der Waals surface area contributed by atoms with Crippen LogP contribution < -0.4 is 4.72 Å². The van der Waals surface area contributed by atoms with E-state index in [4.69, 9.17) is 4.74 Å². The summed E-state index contributed by atoms with van der Waals surface area (Å²) in [6.45, 7) is 2.63. The van der Waals surface area contributed by atoms with Crippen molar-refractivity contribution < 1.29 is 18.3 Å². The van der Waals surface area contributed by atoms with Gasteiger partial charge in [0.2, 0.25) is 10.0 Å². The number of rotatable bonds is 6. The molecule has 2 N–H and O–H groups in total. The molecule has 33 heavy (non-hydrogen) atoms. The Kier molecular flexibility index (Phi) is 5.59. The van der Waals surface area contributed by atoms with Crippen LogP contribution in [-0.4, -0.2) is 44.9 Å². The second-order valence-electron chi connectivity index (χ2n) is 9.41. The number of methoxy groups -OCH3 is 1. The molecule has 174 valence electrons. The third-order valence-electron chi connectivity index (χ3n) is 7.37. The number of nitrogens with zero attached hydrogens (tertiary/aromatic N) is 1. The molecule has 0 radical (unpaired) electrons. The van der Waals surface area contributed by atoms with Gasteiger partial charge in [-0.05, 0) is 47.6 Å². The van der Waals surface area contributed by atoms with Crippen LogP contribution in [0.1, 0.15) is 24.0 Å². The van der Waals surface area contributed by atoms with Gasteiger partial charge in [-0.15, -0.1) is 0 Å². The van der Waals surface area contributed by atoms with E-state index < -0.39 is 15.6 Å². The summed E-state index contributed by atoms with van der Waals surface area (Å²) in [6.07, 6.45) is 3.32. The molecule has 2 atom stereocenters. The van der Waals surface area contributed by atoms with Gasteiger partial charge in [0.25, 0.3) is 0 Å². The van der Waals surface area contributed by atoms with Gasteiger partial charge >= 0.3 is 0 Å². The van der Waals surface area contributed by atoms with Gasteiger partial charge in [-0.2, -0.15) is 0 Å². The molecule has 1 saturated carbocycles. The predicted molar refractivity (Wildman–Crippen MR) is 131 cm³/mol. The largest absolute Gasteiger partial charge is 0.507 e. The Morgan fingerprint density at radius 2 is 1.73 bits per heavy atom. The van der Waals surface area contributed by atoms with Crippen LogP contribution in [0.2, 0.25) is 0 Å². The molecule has 1 aliphatic carbocycles. The lowest BCUT2D eigenvalue weighted by Gasteiger charge is -2.47. The Balaban J connectivity index is 1.43. The number of likely N-dealkylation sites (tertiary alicyclic amines) is 1. The van der Waals surface area contributed by atoms with Gasteiger partial charge in [0.15, 0.2) is 0 Å². The van der Waals surface area contributed by atoms with Crippen molar-refractivity contribution in [1.82, 2.24) is 4.90 Å². The average molecular weight is 467 g/mol. The number of nitrogens with one attached hydrogen (secondary N) is 1. The molecular formula is C26H30N2O4S. The number of phenols is 1. The Labute approximate surface area is 195 Å². The number of hydrogen-bond acceptors (Lipinski definition) is 5. The Morgan fingerprint density at radius 3 is 2.39 bits per heavy atom. The van der Waals surface area contributed by atoms with E-state index in [1.54, 1.807) is 19.2 Å². The quantitative estimate of drug-likeness (QED) is 0.566. The molecule has 1 heterocycles. The molecular weight excluding hydrogens is 436 g/mol. The van der Waals surface area contributed by atoms with Crippen molar-refractivity contribution in [3.8, 4) is 5.75 Å². The van der Waals surface area contributed by atoms with Gasteiger partial charge in [-0.25, -0.2) is 8.42 Å². The Bertz CT molecular complexity index is 1280. The third-order valence-corrected chi connectivity index (χ3v) is 7.98. The normalized spacial score (nSPS) is 25.4. The van der Waals surface area contributed by atoms with E-state index in [0.29, 0.717) is 23.3 Å². The number of hydrogen-bond donors (Lipinski definition) is 2. The lowest BCUT2D eigenvalue weighted by Crippen LogP contribution is -2.52. The predicted octanol–water partition coefficient (Wildman–Crippen LogP) is 4.30. The second-order valence-corrected chi connectivity index (χ2v) is 11.2. The summed E-state index contributed by atoms with van der Waals surface area (Å²) in [7, 11) is -1.56. The minimum absolute atomic E-state index is 0.314. The molecule has 7 heteroatoms. The zero-order chi connectivity index (χ0) is 23.2. The lowest BCUT2D eigenvalue weighted by molar-refractivity contribution is -0.120. The van der Waals surface area contributed by atoms with E-state index in [1.165, 1.54) is 11.8 Å². The molecule has 0 spiro atoms. The molecule has 1 saturated heterocycles. The van der Waals surface area contributed by atoms with Gasteiger partial charge in [0, 0.05) is 49.7 Å². The van der Waals surface area contributed by atoms with Crippen LogP contribution in [0, 0.1) is 11.8 Å². The fourth-order valence-electron chi connectivity index (χ4n) is 6.13. The molecule has 2 fully saturated rings. The summed E-state index contributed by atoms with van der Waals surface area (Å²) in [5.74, 6) is 0.949. The van der Waals surface area contributed by atoms with Crippen molar-refractivity contribution in [2.75, 3.05) is 31.2 Å². The zero-order valence-corrected chi connectivity index (χ0v) is 19.8. The van der Waals surface area contributed by atoms with Crippen molar-refractivity contribution in [2.45, 2.75) is 25.0 Å². The fourth-order valence-corrected chi connectivity index (χ4v) is 6.69. The lowest BCUT2D eigenvalue weighted by atomic mass is 9.74. The highest BCUT2D eigenvalue weighted by Crippen LogP contribution is 2.54. The Hall–Kier alpha value is -2.61. The first kappa shape index (κ1) is 22.2. The minimum atomic E-state index is -3.34. The van der Waals surface area contributed by atoms with Crippen LogP contribution in [0.5, 0.6) is 5.75 Å². The van der Waals surface area contributed by atoms with Crippen molar-refractivity contribution in [2.24, 2.45) is 11.8 Å².